The van der Waals surface area contributed by atoms with Gasteiger partial charge in [-0.1, -0.05) is 25.1 Å². The molecule has 0 aliphatic carbocycles. The van der Waals surface area contributed by atoms with E-state index in [0.717, 1.165) is 11.6 Å². The standard InChI is InChI=1S/C27H34N4O5S2/c1-19-15-31(17-26-28-12-13-37-26)20(2)18-36-24-11-10-21(29-38(33,34)22-8-6-5-7-9-22)14-23(24)27(32)30(3)16-25(19)35-4/h5-14,19-20,25,29H,15-18H2,1-4H3/t19-,20+,25+/m1/s1. The zero-order valence-electron chi connectivity index (χ0n) is 22.0. The van der Waals surface area contributed by atoms with Gasteiger partial charge in [-0.05, 0) is 43.2 Å². The highest BCUT2D eigenvalue weighted by atomic mass is 32.2. The quantitative estimate of drug-likeness (QED) is 0.489. The first-order valence-electron chi connectivity index (χ1n) is 12.4. The third-order valence-electron chi connectivity index (χ3n) is 6.70. The molecular weight excluding hydrogens is 524 g/mol. The minimum atomic E-state index is -3.82. The molecule has 1 aromatic heterocycles. The van der Waals surface area contributed by atoms with Crippen molar-refractivity contribution in [3.63, 3.8) is 0 Å². The third kappa shape index (κ3) is 6.71. The molecule has 38 heavy (non-hydrogen) atoms. The van der Waals surface area contributed by atoms with Crippen LogP contribution < -0.4 is 9.46 Å². The van der Waals surface area contributed by atoms with Crippen molar-refractivity contribution in [1.29, 1.82) is 0 Å². The van der Waals surface area contributed by atoms with E-state index in [1.165, 1.54) is 18.2 Å². The van der Waals surface area contributed by atoms with E-state index in [1.807, 2.05) is 5.38 Å². The Kier molecular flexibility index (Phi) is 9.03. The van der Waals surface area contributed by atoms with Gasteiger partial charge in [0.25, 0.3) is 15.9 Å². The molecule has 1 aliphatic rings. The summed E-state index contributed by atoms with van der Waals surface area (Å²) in [5.74, 6) is 0.247. The molecule has 0 fully saturated rings. The number of fused-ring (bicyclic) bond motifs is 1. The van der Waals surface area contributed by atoms with E-state index in [1.54, 1.807) is 66.9 Å². The number of carbonyl (C=O) groups excluding carboxylic acids is 1. The van der Waals surface area contributed by atoms with Gasteiger partial charge in [0.15, 0.2) is 0 Å². The average Bonchev–Trinajstić information content (AvgIpc) is 3.42. The van der Waals surface area contributed by atoms with Crippen molar-refractivity contribution in [2.75, 3.05) is 38.6 Å². The Morgan fingerprint density at radius 1 is 1.16 bits per heavy atom. The molecule has 9 nitrogen and oxygen atoms in total. The lowest BCUT2D eigenvalue weighted by atomic mass is 10.0. The van der Waals surface area contributed by atoms with Crippen LogP contribution in [-0.2, 0) is 21.3 Å². The monoisotopic (exact) mass is 558 g/mol. The van der Waals surface area contributed by atoms with Crippen molar-refractivity contribution in [2.45, 2.75) is 37.4 Å². The van der Waals surface area contributed by atoms with Gasteiger partial charge in [-0.25, -0.2) is 13.4 Å². The van der Waals surface area contributed by atoms with Crippen LogP contribution in [0.25, 0.3) is 0 Å². The molecule has 0 spiro atoms. The minimum Gasteiger partial charge on any atom is -0.491 e. The summed E-state index contributed by atoms with van der Waals surface area (Å²) < 4.78 is 40.4. The minimum absolute atomic E-state index is 0.0234. The summed E-state index contributed by atoms with van der Waals surface area (Å²) in [4.78, 5) is 22.1. The fourth-order valence-corrected chi connectivity index (χ4v) is 6.17. The molecule has 2 aromatic carbocycles. The van der Waals surface area contributed by atoms with Gasteiger partial charge in [-0.3, -0.25) is 14.4 Å². The first-order chi connectivity index (χ1) is 18.2. The zero-order chi connectivity index (χ0) is 27.3. The molecule has 0 bridgehead atoms. The zero-order valence-corrected chi connectivity index (χ0v) is 23.7. The number of hydrogen-bond donors (Lipinski definition) is 1. The first kappa shape index (κ1) is 28.0. The summed E-state index contributed by atoms with van der Waals surface area (Å²) in [6, 6.07) is 12.9. The SMILES string of the molecule is CO[C@H]1CN(C)C(=O)c2cc(NS(=O)(=O)c3ccccc3)ccc2OC[C@H](C)N(Cc2nccs2)C[C@H]1C. The number of anilines is 1. The fraction of sp³-hybridized carbons (Fsp3) is 0.407. The normalized spacial score (nSPS) is 21.6. The number of carbonyl (C=O) groups is 1. The van der Waals surface area contributed by atoms with Gasteiger partial charge in [0.05, 0.1) is 23.1 Å². The molecule has 11 heteroatoms. The molecule has 1 aliphatic heterocycles. The number of sulfonamides is 1. The Labute approximate surface area is 228 Å². The number of likely N-dealkylation sites (N-methyl/N-ethyl adjacent to an activating group) is 1. The van der Waals surface area contributed by atoms with Crippen molar-refractivity contribution in [3.8, 4) is 5.75 Å². The predicted molar refractivity (Wildman–Crippen MR) is 148 cm³/mol. The lowest BCUT2D eigenvalue weighted by Crippen LogP contribution is -2.46. The largest absolute Gasteiger partial charge is 0.491 e. The van der Waals surface area contributed by atoms with E-state index in [2.05, 4.69) is 28.5 Å². The molecule has 204 valence electrons. The number of methoxy groups -OCH3 is 1. The van der Waals surface area contributed by atoms with Gasteiger partial charge in [0.2, 0.25) is 0 Å². The predicted octanol–water partition coefficient (Wildman–Crippen LogP) is 3.95. The van der Waals surface area contributed by atoms with Crippen LogP contribution >= 0.6 is 11.3 Å². The van der Waals surface area contributed by atoms with Crippen LogP contribution in [0.2, 0.25) is 0 Å². The highest BCUT2D eigenvalue weighted by Crippen LogP contribution is 2.28. The van der Waals surface area contributed by atoms with Gasteiger partial charge >= 0.3 is 0 Å². The number of nitrogens with one attached hydrogen (secondary N) is 1. The van der Waals surface area contributed by atoms with Gasteiger partial charge in [0.1, 0.15) is 17.4 Å². The van der Waals surface area contributed by atoms with Gasteiger partial charge in [-0.15, -0.1) is 11.3 Å². The topological polar surface area (TPSA) is 101 Å². The van der Waals surface area contributed by atoms with Crippen molar-refractivity contribution < 1.29 is 22.7 Å². The Morgan fingerprint density at radius 2 is 1.92 bits per heavy atom. The second-order valence-corrected chi connectivity index (χ2v) is 12.2. The molecule has 2 heterocycles. The highest BCUT2D eigenvalue weighted by molar-refractivity contribution is 7.92. The Bertz CT molecular complexity index is 1320. The number of rotatable bonds is 6. The number of nitrogens with zero attached hydrogens (tertiary/aromatic N) is 3. The second kappa shape index (κ2) is 12.2. The van der Waals surface area contributed by atoms with Crippen LogP contribution in [-0.4, -0.2) is 75.1 Å². The summed E-state index contributed by atoms with van der Waals surface area (Å²) >= 11 is 1.62. The van der Waals surface area contributed by atoms with Gasteiger partial charge < -0.3 is 14.4 Å². The maximum Gasteiger partial charge on any atom is 0.261 e. The van der Waals surface area contributed by atoms with Crippen molar-refractivity contribution in [2.24, 2.45) is 5.92 Å². The van der Waals surface area contributed by atoms with Crippen LogP contribution in [0.4, 0.5) is 5.69 Å². The molecular formula is C27H34N4O5S2. The molecule has 0 radical (unpaired) electrons. The van der Waals surface area contributed by atoms with E-state index in [9.17, 15) is 13.2 Å². The van der Waals surface area contributed by atoms with Gasteiger partial charge in [-0.2, -0.15) is 0 Å². The van der Waals surface area contributed by atoms with E-state index in [0.29, 0.717) is 25.4 Å². The lowest BCUT2D eigenvalue weighted by Gasteiger charge is -2.35. The van der Waals surface area contributed by atoms with E-state index in [4.69, 9.17) is 9.47 Å². The van der Waals surface area contributed by atoms with E-state index in [-0.39, 0.29) is 40.1 Å². The third-order valence-corrected chi connectivity index (χ3v) is 8.86. The van der Waals surface area contributed by atoms with Crippen LogP contribution in [0.15, 0.2) is 65.0 Å². The first-order valence-corrected chi connectivity index (χ1v) is 14.8. The van der Waals surface area contributed by atoms with Crippen molar-refractivity contribution >= 4 is 33.0 Å². The summed E-state index contributed by atoms with van der Waals surface area (Å²) in [6.45, 7) is 6.35. The molecule has 1 amide bonds. The Hall–Kier alpha value is -2.99. The molecule has 4 rings (SSSR count). The van der Waals surface area contributed by atoms with Crippen LogP contribution in [0.1, 0.15) is 29.2 Å². The fourth-order valence-electron chi connectivity index (χ4n) is 4.45. The summed E-state index contributed by atoms with van der Waals surface area (Å²) in [7, 11) is -0.443. The molecule has 3 atom stereocenters. The molecule has 3 aromatic rings. The molecule has 0 saturated carbocycles. The van der Waals surface area contributed by atoms with Crippen molar-refractivity contribution in [1.82, 2.24) is 14.8 Å². The number of thiazole rings is 1. The number of benzene rings is 2. The van der Waals surface area contributed by atoms with Crippen LogP contribution in [0, 0.1) is 5.92 Å². The smallest absolute Gasteiger partial charge is 0.261 e. The second-order valence-electron chi connectivity index (χ2n) is 9.58. The number of amides is 1. The molecule has 0 unspecified atom stereocenters. The Balaban J connectivity index is 1.65. The van der Waals surface area contributed by atoms with Crippen LogP contribution in [0.3, 0.4) is 0 Å². The lowest BCUT2D eigenvalue weighted by molar-refractivity contribution is 0.00921. The van der Waals surface area contributed by atoms with Crippen LogP contribution in [0.5, 0.6) is 5.75 Å². The maximum atomic E-state index is 13.6. The average molecular weight is 559 g/mol. The number of hydrogen-bond acceptors (Lipinski definition) is 8. The Morgan fingerprint density at radius 3 is 2.61 bits per heavy atom. The molecule has 1 N–H and O–H groups in total. The van der Waals surface area contributed by atoms with Gasteiger partial charge in [0, 0.05) is 50.6 Å². The highest BCUT2D eigenvalue weighted by Gasteiger charge is 2.29. The van der Waals surface area contributed by atoms with Crippen molar-refractivity contribution in [3.05, 3.63) is 70.7 Å². The summed E-state index contributed by atoms with van der Waals surface area (Å²) in [5, 5.41) is 2.99. The molecule has 0 saturated heterocycles. The van der Waals surface area contributed by atoms with E-state index < -0.39 is 10.0 Å². The summed E-state index contributed by atoms with van der Waals surface area (Å²) in [6.07, 6.45) is 1.61. The summed E-state index contributed by atoms with van der Waals surface area (Å²) in [5.41, 5.74) is 0.558. The number of aromatic nitrogens is 1. The van der Waals surface area contributed by atoms with E-state index >= 15 is 0 Å². The maximum absolute atomic E-state index is 13.6. The number of ether oxygens (including phenoxy) is 2.